The summed E-state index contributed by atoms with van der Waals surface area (Å²) < 4.78 is 31.3. The van der Waals surface area contributed by atoms with Crippen molar-refractivity contribution in [2.24, 2.45) is 0 Å². The van der Waals surface area contributed by atoms with Gasteiger partial charge in [-0.2, -0.15) is 4.31 Å². The van der Waals surface area contributed by atoms with E-state index in [1.54, 1.807) is 0 Å². The van der Waals surface area contributed by atoms with Crippen molar-refractivity contribution in [2.75, 3.05) is 32.8 Å². The van der Waals surface area contributed by atoms with Crippen LogP contribution < -0.4 is 5.32 Å². The standard InChI is InChI=1S/C14H18N2O5S/c17-9-1-6-15-14(18)12-2-4-13(5-3-12)22(19,20)16-7-10-21-11-8-16/h2-5,9H,1,6-8,10-11H2,(H,15,18). The minimum Gasteiger partial charge on any atom is -0.379 e. The monoisotopic (exact) mass is 326 g/mol. The molecule has 7 nitrogen and oxygen atoms in total. The lowest BCUT2D eigenvalue weighted by Crippen LogP contribution is -2.40. The van der Waals surface area contributed by atoms with E-state index in [0.29, 0.717) is 31.9 Å². The van der Waals surface area contributed by atoms with Gasteiger partial charge in [0, 0.05) is 31.6 Å². The molecule has 1 amide bonds. The van der Waals surface area contributed by atoms with Crippen LogP contribution in [0.4, 0.5) is 0 Å². The SMILES string of the molecule is O=CCCNC(=O)c1ccc(S(=O)(=O)N2CCOCC2)cc1. The molecule has 1 heterocycles. The second-order valence-corrected chi connectivity index (χ2v) is 6.69. The van der Waals surface area contributed by atoms with E-state index in [1.807, 2.05) is 0 Å². The van der Waals surface area contributed by atoms with Crippen molar-refractivity contribution < 1.29 is 22.7 Å². The van der Waals surface area contributed by atoms with Gasteiger partial charge in [0.2, 0.25) is 10.0 Å². The van der Waals surface area contributed by atoms with Gasteiger partial charge in [0.15, 0.2) is 0 Å². The minimum atomic E-state index is -3.55. The summed E-state index contributed by atoms with van der Waals surface area (Å²) in [6.45, 7) is 1.69. The molecule has 0 spiro atoms. The Hall–Kier alpha value is -1.77. The smallest absolute Gasteiger partial charge is 0.251 e. The maximum Gasteiger partial charge on any atom is 0.251 e. The summed E-state index contributed by atoms with van der Waals surface area (Å²) in [6.07, 6.45) is 0.966. The molecule has 1 aromatic carbocycles. The topological polar surface area (TPSA) is 92.8 Å². The minimum absolute atomic E-state index is 0.152. The van der Waals surface area contributed by atoms with Gasteiger partial charge < -0.3 is 14.8 Å². The quantitative estimate of drug-likeness (QED) is 0.588. The predicted molar refractivity (Wildman–Crippen MR) is 79.0 cm³/mol. The fourth-order valence-electron chi connectivity index (χ4n) is 2.06. The highest BCUT2D eigenvalue weighted by Gasteiger charge is 2.26. The molecule has 1 aliphatic rings. The molecule has 0 aromatic heterocycles. The first kappa shape index (κ1) is 16.6. The van der Waals surface area contributed by atoms with E-state index in [2.05, 4.69) is 5.32 Å². The second-order valence-electron chi connectivity index (χ2n) is 4.75. The van der Waals surface area contributed by atoms with E-state index >= 15 is 0 Å². The van der Waals surface area contributed by atoms with Gasteiger partial charge in [0.25, 0.3) is 5.91 Å². The maximum absolute atomic E-state index is 12.4. The van der Waals surface area contributed by atoms with E-state index in [1.165, 1.54) is 28.6 Å². The summed E-state index contributed by atoms with van der Waals surface area (Å²) in [4.78, 5) is 22.1. The van der Waals surface area contributed by atoms with Crippen molar-refractivity contribution in [1.82, 2.24) is 9.62 Å². The van der Waals surface area contributed by atoms with Crippen molar-refractivity contribution in [2.45, 2.75) is 11.3 Å². The molecule has 0 saturated carbocycles. The van der Waals surface area contributed by atoms with E-state index in [9.17, 15) is 18.0 Å². The molecular formula is C14H18N2O5S. The van der Waals surface area contributed by atoms with Crippen molar-refractivity contribution in [1.29, 1.82) is 0 Å². The number of amides is 1. The van der Waals surface area contributed by atoms with E-state index in [-0.39, 0.29) is 23.8 Å². The van der Waals surface area contributed by atoms with Gasteiger partial charge in [0.05, 0.1) is 18.1 Å². The third-order valence-electron chi connectivity index (χ3n) is 3.27. The van der Waals surface area contributed by atoms with Crippen LogP contribution >= 0.6 is 0 Å². The molecule has 1 aliphatic heterocycles. The number of hydrogen-bond acceptors (Lipinski definition) is 5. The summed E-state index contributed by atoms with van der Waals surface area (Å²) in [6, 6.07) is 5.76. The largest absolute Gasteiger partial charge is 0.379 e. The van der Waals surface area contributed by atoms with Crippen molar-refractivity contribution >= 4 is 22.2 Å². The molecule has 0 aliphatic carbocycles. The zero-order chi connectivity index (χ0) is 16.0. The number of rotatable bonds is 6. The molecule has 1 fully saturated rings. The van der Waals surface area contributed by atoms with Crippen LogP contribution in [0.15, 0.2) is 29.2 Å². The fraction of sp³-hybridized carbons (Fsp3) is 0.429. The average Bonchev–Trinajstić information content (AvgIpc) is 2.56. The van der Waals surface area contributed by atoms with Crippen molar-refractivity contribution in [3.05, 3.63) is 29.8 Å². The average molecular weight is 326 g/mol. The Kier molecular flexibility index (Phi) is 5.64. The molecule has 2 rings (SSSR count). The Balaban J connectivity index is 2.07. The van der Waals surface area contributed by atoms with Gasteiger partial charge in [-0.1, -0.05) is 0 Å². The Morgan fingerprint density at radius 3 is 2.45 bits per heavy atom. The Labute approximate surface area is 129 Å². The lowest BCUT2D eigenvalue weighted by molar-refractivity contribution is -0.107. The zero-order valence-electron chi connectivity index (χ0n) is 12.0. The molecule has 0 atom stereocenters. The van der Waals surface area contributed by atoms with E-state index in [4.69, 9.17) is 4.74 Å². The third-order valence-corrected chi connectivity index (χ3v) is 5.18. The van der Waals surface area contributed by atoms with Gasteiger partial charge >= 0.3 is 0 Å². The fourth-order valence-corrected chi connectivity index (χ4v) is 3.47. The molecule has 120 valence electrons. The highest BCUT2D eigenvalue weighted by molar-refractivity contribution is 7.89. The number of ether oxygens (including phenoxy) is 1. The molecule has 1 aromatic rings. The number of hydrogen-bond donors (Lipinski definition) is 1. The lowest BCUT2D eigenvalue weighted by atomic mass is 10.2. The first-order valence-corrected chi connectivity index (χ1v) is 8.39. The number of morpholine rings is 1. The van der Waals surface area contributed by atoms with Gasteiger partial charge in [-0.15, -0.1) is 0 Å². The first-order chi connectivity index (χ1) is 10.6. The highest BCUT2D eigenvalue weighted by Crippen LogP contribution is 2.17. The first-order valence-electron chi connectivity index (χ1n) is 6.95. The number of aldehydes is 1. The van der Waals surface area contributed by atoms with E-state index < -0.39 is 10.0 Å². The van der Waals surface area contributed by atoms with Crippen LogP contribution in [0.2, 0.25) is 0 Å². The second kappa shape index (κ2) is 7.48. The normalized spacial score (nSPS) is 16.2. The van der Waals surface area contributed by atoms with E-state index in [0.717, 1.165) is 6.29 Å². The maximum atomic E-state index is 12.4. The number of benzene rings is 1. The summed E-state index contributed by atoms with van der Waals surface area (Å²) >= 11 is 0. The van der Waals surface area contributed by atoms with Crippen LogP contribution in [-0.2, 0) is 19.6 Å². The molecule has 0 unspecified atom stereocenters. The Morgan fingerprint density at radius 2 is 1.86 bits per heavy atom. The van der Waals surface area contributed by atoms with Crippen molar-refractivity contribution in [3.8, 4) is 0 Å². The van der Waals surface area contributed by atoms with Crippen LogP contribution in [0.5, 0.6) is 0 Å². The summed E-state index contributed by atoms with van der Waals surface area (Å²) in [5, 5.41) is 2.57. The number of nitrogens with zero attached hydrogens (tertiary/aromatic N) is 1. The molecule has 0 radical (unpaired) electrons. The highest BCUT2D eigenvalue weighted by atomic mass is 32.2. The molecule has 22 heavy (non-hydrogen) atoms. The third kappa shape index (κ3) is 3.90. The van der Waals surface area contributed by atoms with Gasteiger partial charge in [-0.25, -0.2) is 8.42 Å². The van der Waals surface area contributed by atoms with Crippen LogP contribution in [0.25, 0.3) is 0 Å². The van der Waals surface area contributed by atoms with Crippen molar-refractivity contribution in [3.63, 3.8) is 0 Å². The molecule has 8 heteroatoms. The molecule has 1 saturated heterocycles. The Bertz CT molecular complexity index is 621. The van der Waals surface area contributed by atoms with Crippen LogP contribution in [0.3, 0.4) is 0 Å². The summed E-state index contributed by atoms with van der Waals surface area (Å²) in [5.74, 6) is -0.336. The molecule has 0 bridgehead atoms. The number of carbonyl (C=O) groups excluding carboxylic acids is 2. The van der Waals surface area contributed by atoms with Gasteiger partial charge in [-0.3, -0.25) is 4.79 Å². The lowest BCUT2D eigenvalue weighted by Gasteiger charge is -2.26. The number of nitrogens with one attached hydrogen (secondary N) is 1. The zero-order valence-corrected chi connectivity index (χ0v) is 12.8. The Morgan fingerprint density at radius 1 is 1.23 bits per heavy atom. The molecule has 1 N–H and O–H groups in total. The number of sulfonamides is 1. The summed E-state index contributed by atoms with van der Waals surface area (Å²) in [5.41, 5.74) is 0.354. The van der Waals surface area contributed by atoms with Crippen LogP contribution in [-0.4, -0.2) is 57.8 Å². The summed E-state index contributed by atoms with van der Waals surface area (Å²) in [7, 11) is -3.55. The van der Waals surface area contributed by atoms with Gasteiger partial charge in [0.1, 0.15) is 6.29 Å². The van der Waals surface area contributed by atoms with Crippen LogP contribution in [0, 0.1) is 0 Å². The van der Waals surface area contributed by atoms with Crippen LogP contribution in [0.1, 0.15) is 16.8 Å². The van der Waals surface area contributed by atoms with Gasteiger partial charge in [-0.05, 0) is 24.3 Å². The number of carbonyl (C=O) groups is 2. The predicted octanol–water partition coefficient (Wildman–Crippen LogP) is 0.0263. The molecular weight excluding hydrogens is 308 g/mol.